The number of aromatic nitrogens is 2. The van der Waals surface area contributed by atoms with Crippen molar-refractivity contribution in [3.05, 3.63) is 21.9 Å². The molecule has 2 bridgehead atoms. The number of nitrogens with zero attached hydrogens (tertiary/aromatic N) is 2. The predicted octanol–water partition coefficient (Wildman–Crippen LogP) is 2.56. The van der Waals surface area contributed by atoms with E-state index in [0.29, 0.717) is 23.4 Å². The maximum absolute atomic E-state index is 12.2. The van der Waals surface area contributed by atoms with E-state index in [0.717, 1.165) is 11.8 Å². The average Bonchev–Trinajstić information content (AvgIpc) is 2.80. The second-order valence-electron chi connectivity index (χ2n) is 5.86. The molecule has 4 unspecified atom stereocenters. The molecule has 0 aliphatic heterocycles. The standard InChI is InChI=1S/C13H13Cl2N3O/c14-8-4-7(12(15)18-17-8)13(19)16-11-9-5-1-2-6(3-5)10(9)11/h4-6,9-11H,1-3H2,(H,16,19). The van der Waals surface area contributed by atoms with E-state index in [9.17, 15) is 4.79 Å². The average molecular weight is 298 g/mol. The van der Waals surface area contributed by atoms with Crippen LogP contribution in [0.5, 0.6) is 0 Å². The van der Waals surface area contributed by atoms with E-state index in [1.54, 1.807) is 0 Å². The Morgan fingerprint density at radius 3 is 2.58 bits per heavy atom. The van der Waals surface area contributed by atoms with E-state index in [2.05, 4.69) is 15.5 Å². The van der Waals surface area contributed by atoms with Crippen molar-refractivity contribution in [2.45, 2.75) is 25.3 Å². The largest absolute Gasteiger partial charge is 0.349 e. The Balaban J connectivity index is 1.50. The Morgan fingerprint density at radius 1 is 1.21 bits per heavy atom. The van der Waals surface area contributed by atoms with Crippen molar-refractivity contribution in [3.8, 4) is 0 Å². The molecule has 6 heteroatoms. The second kappa shape index (κ2) is 4.06. The number of amides is 1. The van der Waals surface area contributed by atoms with Gasteiger partial charge in [0.2, 0.25) is 0 Å². The molecule has 4 atom stereocenters. The smallest absolute Gasteiger partial charge is 0.254 e. The van der Waals surface area contributed by atoms with Crippen LogP contribution >= 0.6 is 23.2 Å². The van der Waals surface area contributed by atoms with Crippen molar-refractivity contribution in [3.63, 3.8) is 0 Å². The van der Waals surface area contributed by atoms with Crippen molar-refractivity contribution in [2.24, 2.45) is 23.7 Å². The van der Waals surface area contributed by atoms with Gasteiger partial charge in [0, 0.05) is 6.04 Å². The van der Waals surface area contributed by atoms with Crippen molar-refractivity contribution in [1.29, 1.82) is 0 Å². The molecule has 19 heavy (non-hydrogen) atoms. The van der Waals surface area contributed by atoms with E-state index >= 15 is 0 Å². The molecule has 1 amide bonds. The molecule has 0 spiro atoms. The van der Waals surface area contributed by atoms with Crippen molar-refractivity contribution >= 4 is 29.1 Å². The fourth-order valence-corrected chi connectivity index (χ4v) is 4.58. The first-order chi connectivity index (χ1) is 9.15. The summed E-state index contributed by atoms with van der Waals surface area (Å²) in [5.74, 6) is 2.88. The van der Waals surface area contributed by atoms with Gasteiger partial charge >= 0.3 is 0 Å². The summed E-state index contributed by atoms with van der Waals surface area (Å²) in [4.78, 5) is 12.2. The van der Waals surface area contributed by atoms with E-state index in [1.165, 1.54) is 25.3 Å². The molecule has 3 fully saturated rings. The lowest BCUT2D eigenvalue weighted by atomic mass is 10.0. The zero-order valence-corrected chi connectivity index (χ0v) is 11.7. The van der Waals surface area contributed by atoms with Crippen LogP contribution in [0.3, 0.4) is 0 Å². The molecule has 4 rings (SSSR count). The predicted molar refractivity (Wildman–Crippen MR) is 71.1 cm³/mol. The maximum Gasteiger partial charge on any atom is 0.254 e. The van der Waals surface area contributed by atoms with Gasteiger partial charge in [0.05, 0.1) is 5.56 Å². The molecule has 4 nitrogen and oxygen atoms in total. The monoisotopic (exact) mass is 297 g/mol. The number of rotatable bonds is 2. The number of carbonyl (C=O) groups excluding carboxylic acids is 1. The highest BCUT2D eigenvalue weighted by Gasteiger charge is 2.65. The summed E-state index contributed by atoms with van der Waals surface area (Å²) in [6, 6.07) is 1.81. The van der Waals surface area contributed by atoms with Gasteiger partial charge in [0.15, 0.2) is 10.3 Å². The van der Waals surface area contributed by atoms with Gasteiger partial charge in [-0.2, -0.15) is 0 Å². The molecule has 0 radical (unpaired) electrons. The van der Waals surface area contributed by atoms with Gasteiger partial charge in [0.1, 0.15) is 0 Å². The van der Waals surface area contributed by atoms with Crippen LogP contribution in [0, 0.1) is 23.7 Å². The summed E-state index contributed by atoms with van der Waals surface area (Å²) in [5, 5.41) is 10.7. The number of hydrogen-bond donors (Lipinski definition) is 1. The van der Waals surface area contributed by atoms with Crippen LogP contribution < -0.4 is 5.32 Å². The third-order valence-electron chi connectivity index (χ3n) is 5.00. The van der Waals surface area contributed by atoms with Crippen molar-refractivity contribution in [2.75, 3.05) is 0 Å². The van der Waals surface area contributed by atoms with E-state index < -0.39 is 0 Å². The lowest BCUT2D eigenvalue weighted by molar-refractivity contribution is 0.0944. The molecular formula is C13H13Cl2N3O. The fourth-order valence-electron chi connectivity index (χ4n) is 4.26. The molecule has 1 aromatic heterocycles. The molecular weight excluding hydrogens is 285 g/mol. The topological polar surface area (TPSA) is 54.9 Å². The third-order valence-corrected chi connectivity index (χ3v) is 5.46. The van der Waals surface area contributed by atoms with E-state index in [1.807, 2.05) is 0 Å². The van der Waals surface area contributed by atoms with Gasteiger partial charge in [-0.15, -0.1) is 10.2 Å². The first kappa shape index (κ1) is 11.9. The summed E-state index contributed by atoms with van der Waals surface area (Å²) >= 11 is 11.6. The number of nitrogens with one attached hydrogen (secondary N) is 1. The van der Waals surface area contributed by atoms with Crippen molar-refractivity contribution < 1.29 is 4.79 Å². The number of fused-ring (bicyclic) bond motifs is 5. The molecule has 3 aliphatic rings. The maximum atomic E-state index is 12.2. The molecule has 0 saturated heterocycles. The van der Waals surface area contributed by atoms with Crippen LogP contribution in [0.25, 0.3) is 0 Å². The van der Waals surface area contributed by atoms with Crippen LogP contribution in [0.4, 0.5) is 0 Å². The molecule has 1 heterocycles. The minimum atomic E-state index is -0.180. The number of halogens is 2. The molecule has 1 N–H and O–H groups in total. The fraction of sp³-hybridized carbons (Fsp3) is 0.615. The van der Waals surface area contributed by atoms with E-state index in [4.69, 9.17) is 23.2 Å². The minimum absolute atomic E-state index is 0.107. The molecule has 3 aliphatic carbocycles. The zero-order chi connectivity index (χ0) is 13.1. The van der Waals surface area contributed by atoms with Crippen LogP contribution in [0.2, 0.25) is 10.3 Å². The van der Waals surface area contributed by atoms with Gasteiger partial charge in [0.25, 0.3) is 5.91 Å². The Kier molecular flexibility index (Phi) is 2.55. The van der Waals surface area contributed by atoms with Crippen molar-refractivity contribution in [1.82, 2.24) is 15.5 Å². The normalized spacial score (nSPS) is 38.1. The van der Waals surface area contributed by atoms with Crippen LogP contribution in [0.15, 0.2) is 6.07 Å². The molecule has 3 saturated carbocycles. The highest BCUT2D eigenvalue weighted by molar-refractivity contribution is 6.34. The second-order valence-corrected chi connectivity index (χ2v) is 6.60. The van der Waals surface area contributed by atoms with Gasteiger partial charge in [-0.1, -0.05) is 23.2 Å². The highest BCUT2D eigenvalue weighted by Crippen LogP contribution is 2.65. The SMILES string of the molecule is O=C(NC1C2C3CCC(C3)C12)c1cc(Cl)nnc1Cl. The van der Waals surface area contributed by atoms with Gasteiger partial charge in [-0.3, -0.25) is 4.79 Å². The Labute approximate surface area is 120 Å². The third kappa shape index (κ3) is 1.77. The summed E-state index contributed by atoms with van der Waals surface area (Å²) in [6.07, 6.45) is 4.04. The van der Waals surface area contributed by atoms with E-state index in [-0.39, 0.29) is 16.2 Å². The molecule has 1 aromatic rings. The Morgan fingerprint density at radius 2 is 1.89 bits per heavy atom. The summed E-state index contributed by atoms with van der Waals surface area (Å²) < 4.78 is 0. The van der Waals surface area contributed by atoms with Crippen LogP contribution in [0.1, 0.15) is 29.6 Å². The number of hydrogen-bond acceptors (Lipinski definition) is 3. The number of carbonyl (C=O) groups is 1. The van der Waals surface area contributed by atoms with Gasteiger partial charge in [-0.25, -0.2) is 0 Å². The first-order valence-corrected chi connectivity index (χ1v) is 7.40. The summed E-state index contributed by atoms with van der Waals surface area (Å²) in [7, 11) is 0. The summed E-state index contributed by atoms with van der Waals surface area (Å²) in [6.45, 7) is 0. The lowest BCUT2D eigenvalue weighted by Crippen LogP contribution is -2.30. The van der Waals surface area contributed by atoms with Crippen LogP contribution in [-0.4, -0.2) is 22.1 Å². The van der Waals surface area contributed by atoms with Crippen LogP contribution in [-0.2, 0) is 0 Å². The molecule has 100 valence electrons. The van der Waals surface area contributed by atoms with Gasteiger partial charge in [-0.05, 0) is 49.0 Å². The lowest BCUT2D eigenvalue weighted by Gasteiger charge is -2.11. The zero-order valence-electron chi connectivity index (χ0n) is 10.1. The highest BCUT2D eigenvalue weighted by atomic mass is 35.5. The quantitative estimate of drug-likeness (QED) is 0.913. The molecule has 0 aromatic carbocycles. The summed E-state index contributed by atoms with van der Waals surface area (Å²) in [5.41, 5.74) is 0.319. The van der Waals surface area contributed by atoms with Gasteiger partial charge < -0.3 is 5.32 Å². The minimum Gasteiger partial charge on any atom is -0.349 e. The Bertz CT molecular complexity index is 549. The Hall–Kier alpha value is -0.870. The first-order valence-electron chi connectivity index (χ1n) is 6.64.